The second kappa shape index (κ2) is 8.51. The number of carbonyl (C=O) groups is 1. The smallest absolute Gasteiger partial charge is 0.265 e. The van der Waals surface area contributed by atoms with Gasteiger partial charge in [-0.2, -0.15) is 0 Å². The Bertz CT molecular complexity index is 1270. The number of hydrogen-bond acceptors (Lipinski definition) is 6. The van der Waals surface area contributed by atoms with Crippen LogP contribution >= 0.6 is 34.8 Å². The summed E-state index contributed by atoms with van der Waals surface area (Å²) in [7, 11) is -4.00. The summed E-state index contributed by atoms with van der Waals surface area (Å²) in [5.41, 5.74) is 0.0602. The lowest BCUT2D eigenvalue weighted by Gasteiger charge is -2.28. The summed E-state index contributed by atoms with van der Waals surface area (Å²) in [5.74, 6) is -0.665. The summed E-state index contributed by atoms with van der Waals surface area (Å²) in [6.45, 7) is 0.0900. The van der Waals surface area contributed by atoms with E-state index in [-0.39, 0.29) is 56.2 Å². The number of rotatable bonds is 4. The predicted octanol–water partition coefficient (Wildman–Crippen LogP) is 4.28. The first-order chi connectivity index (χ1) is 14.8. The molecule has 1 aliphatic heterocycles. The van der Waals surface area contributed by atoms with Crippen LogP contribution in [0, 0.1) is 0 Å². The molecule has 3 aromatic rings. The summed E-state index contributed by atoms with van der Waals surface area (Å²) in [6, 6.07) is 10.5. The molecule has 0 atom stereocenters. The quantitative estimate of drug-likeness (QED) is 0.575. The van der Waals surface area contributed by atoms with E-state index < -0.39 is 15.9 Å². The van der Waals surface area contributed by atoms with E-state index in [2.05, 4.69) is 15.3 Å². The molecular formula is C19H13Cl3N4O4S. The van der Waals surface area contributed by atoms with E-state index in [0.29, 0.717) is 0 Å². The zero-order chi connectivity index (χ0) is 22.2. The Labute approximate surface area is 192 Å². The minimum absolute atomic E-state index is 0.00321. The Morgan fingerprint density at radius 2 is 1.81 bits per heavy atom. The molecule has 0 fully saturated rings. The average molecular weight is 500 g/mol. The number of sulfonamides is 1. The van der Waals surface area contributed by atoms with E-state index in [1.807, 2.05) is 0 Å². The second-order valence-electron chi connectivity index (χ2n) is 6.32. The van der Waals surface area contributed by atoms with Gasteiger partial charge in [0, 0.05) is 5.02 Å². The summed E-state index contributed by atoms with van der Waals surface area (Å²) >= 11 is 18.1. The fraction of sp³-hybridized carbons (Fsp3) is 0.105. The van der Waals surface area contributed by atoms with Gasteiger partial charge in [0.2, 0.25) is 5.82 Å². The molecule has 0 spiro atoms. The Balaban J connectivity index is 1.69. The molecular weight excluding hydrogens is 487 g/mol. The number of nitrogens with zero attached hydrogens (tertiary/aromatic N) is 3. The number of aromatic nitrogens is 2. The first-order valence-corrected chi connectivity index (χ1v) is 11.4. The molecule has 0 unspecified atom stereocenters. The molecule has 4 rings (SSSR count). The van der Waals surface area contributed by atoms with Gasteiger partial charge in [-0.3, -0.25) is 4.79 Å². The second-order valence-corrected chi connectivity index (χ2v) is 9.43. The highest BCUT2D eigenvalue weighted by Crippen LogP contribution is 2.33. The number of ether oxygens (including phenoxy) is 1. The standard InChI is InChI=1S/C19H13Cl3N4O4S/c20-11-3-1-4-12(9-11)31(28,29)26-7-8-30-19-17(26)24-15(10-23-19)25-18(27)16-13(21)5-2-6-14(16)22/h1-6,9-10H,7-8H2,(H,24,25,27). The van der Waals surface area contributed by atoms with E-state index >= 15 is 0 Å². The van der Waals surface area contributed by atoms with Gasteiger partial charge in [-0.25, -0.2) is 22.7 Å². The van der Waals surface area contributed by atoms with E-state index in [9.17, 15) is 13.2 Å². The number of hydrogen-bond donors (Lipinski definition) is 1. The maximum absolute atomic E-state index is 13.2. The number of benzene rings is 2. The molecule has 8 nitrogen and oxygen atoms in total. The topological polar surface area (TPSA) is 101 Å². The zero-order valence-electron chi connectivity index (χ0n) is 15.5. The van der Waals surface area contributed by atoms with Gasteiger partial charge in [0.25, 0.3) is 21.8 Å². The van der Waals surface area contributed by atoms with Crippen molar-refractivity contribution in [2.24, 2.45) is 0 Å². The number of nitrogens with one attached hydrogen (secondary N) is 1. The van der Waals surface area contributed by atoms with Crippen LogP contribution in [-0.4, -0.2) is 37.4 Å². The van der Waals surface area contributed by atoms with Gasteiger partial charge in [-0.05, 0) is 30.3 Å². The van der Waals surface area contributed by atoms with Crippen molar-refractivity contribution in [2.45, 2.75) is 4.90 Å². The monoisotopic (exact) mass is 498 g/mol. The number of carbonyl (C=O) groups excluding carboxylic acids is 1. The number of amides is 1. The van der Waals surface area contributed by atoms with Crippen molar-refractivity contribution in [3.05, 3.63) is 69.3 Å². The highest BCUT2D eigenvalue weighted by atomic mass is 35.5. The van der Waals surface area contributed by atoms with Crippen molar-refractivity contribution in [3.8, 4) is 5.88 Å². The number of fused-ring (bicyclic) bond motifs is 1. The average Bonchev–Trinajstić information content (AvgIpc) is 2.73. The van der Waals surface area contributed by atoms with Crippen LogP contribution in [0.4, 0.5) is 11.6 Å². The molecule has 0 aliphatic carbocycles. The van der Waals surface area contributed by atoms with Crippen LogP contribution in [0.25, 0.3) is 0 Å². The normalized spacial score (nSPS) is 13.3. The Morgan fingerprint density at radius 3 is 2.52 bits per heavy atom. The van der Waals surface area contributed by atoms with Crippen molar-refractivity contribution in [3.63, 3.8) is 0 Å². The van der Waals surface area contributed by atoms with Gasteiger partial charge in [-0.1, -0.05) is 46.9 Å². The molecule has 0 radical (unpaired) electrons. The fourth-order valence-corrected chi connectivity index (χ4v) is 5.17. The molecule has 0 saturated carbocycles. The van der Waals surface area contributed by atoms with Crippen molar-refractivity contribution in [2.75, 3.05) is 22.8 Å². The Morgan fingerprint density at radius 1 is 1.10 bits per heavy atom. The summed E-state index contributed by atoms with van der Waals surface area (Å²) in [6.07, 6.45) is 1.25. The SMILES string of the molecule is O=C(Nc1cnc2c(n1)N(S(=O)(=O)c1cccc(Cl)c1)CCO2)c1c(Cl)cccc1Cl. The van der Waals surface area contributed by atoms with E-state index in [4.69, 9.17) is 39.5 Å². The molecule has 1 aromatic heterocycles. The van der Waals surface area contributed by atoms with Gasteiger partial charge < -0.3 is 10.1 Å². The van der Waals surface area contributed by atoms with Crippen molar-refractivity contribution in [1.29, 1.82) is 0 Å². The summed E-state index contributed by atoms with van der Waals surface area (Å²) in [4.78, 5) is 21.0. The van der Waals surface area contributed by atoms with Crippen molar-refractivity contribution < 1.29 is 17.9 Å². The number of halogens is 3. The lowest BCUT2D eigenvalue weighted by atomic mass is 10.2. The maximum atomic E-state index is 13.2. The van der Waals surface area contributed by atoms with Crippen LogP contribution in [0.1, 0.15) is 10.4 Å². The van der Waals surface area contributed by atoms with Crippen molar-refractivity contribution in [1.82, 2.24) is 9.97 Å². The van der Waals surface area contributed by atoms with Gasteiger partial charge in [0.15, 0.2) is 5.82 Å². The third kappa shape index (κ3) is 4.27. The molecule has 2 heterocycles. The molecule has 0 saturated heterocycles. The molecule has 31 heavy (non-hydrogen) atoms. The highest BCUT2D eigenvalue weighted by Gasteiger charge is 2.33. The molecule has 160 valence electrons. The van der Waals surface area contributed by atoms with Crippen molar-refractivity contribution >= 4 is 62.4 Å². The molecule has 2 aromatic carbocycles. The van der Waals surface area contributed by atoms with E-state index in [1.54, 1.807) is 12.1 Å². The minimum atomic E-state index is -4.00. The largest absolute Gasteiger partial charge is 0.473 e. The highest BCUT2D eigenvalue weighted by molar-refractivity contribution is 7.92. The molecule has 1 aliphatic rings. The molecule has 0 bridgehead atoms. The Kier molecular flexibility index (Phi) is 5.94. The lowest BCUT2D eigenvalue weighted by Crippen LogP contribution is -2.39. The summed E-state index contributed by atoms with van der Waals surface area (Å²) < 4.78 is 32.8. The van der Waals surface area contributed by atoms with Crippen LogP contribution in [0.5, 0.6) is 5.88 Å². The van der Waals surface area contributed by atoms with E-state index in [0.717, 1.165) is 4.31 Å². The third-order valence-electron chi connectivity index (χ3n) is 4.31. The van der Waals surface area contributed by atoms with Gasteiger partial charge in [0.1, 0.15) is 6.61 Å². The molecule has 1 amide bonds. The molecule has 12 heteroatoms. The zero-order valence-corrected chi connectivity index (χ0v) is 18.6. The first-order valence-electron chi connectivity index (χ1n) is 8.81. The van der Waals surface area contributed by atoms with Crippen LogP contribution in [0.15, 0.2) is 53.6 Å². The summed E-state index contributed by atoms with van der Waals surface area (Å²) in [5, 5.41) is 3.12. The van der Waals surface area contributed by atoms with Crippen LogP contribution in [0.2, 0.25) is 15.1 Å². The molecule has 1 N–H and O–H groups in total. The maximum Gasteiger partial charge on any atom is 0.265 e. The third-order valence-corrected chi connectivity index (χ3v) is 6.96. The van der Waals surface area contributed by atoms with Crippen LogP contribution in [0.3, 0.4) is 0 Å². The Hall–Kier alpha value is -2.59. The lowest BCUT2D eigenvalue weighted by molar-refractivity contribution is 0.102. The predicted molar refractivity (Wildman–Crippen MR) is 118 cm³/mol. The van der Waals surface area contributed by atoms with Crippen LogP contribution in [-0.2, 0) is 10.0 Å². The first kappa shape index (κ1) is 21.6. The van der Waals surface area contributed by atoms with Crippen LogP contribution < -0.4 is 14.4 Å². The number of anilines is 2. The minimum Gasteiger partial charge on any atom is -0.473 e. The van der Waals surface area contributed by atoms with Gasteiger partial charge >= 0.3 is 0 Å². The fourth-order valence-electron chi connectivity index (χ4n) is 2.91. The van der Waals surface area contributed by atoms with E-state index in [1.165, 1.54) is 36.5 Å². The van der Waals surface area contributed by atoms with Gasteiger partial charge in [0.05, 0.1) is 33.2 Å². The van der Waals surface area contributed by atoms with Gasteiger partial charge in [-0.15, -0.1) is 0 Å².